The fourth-order valence-corrected chi connectivity index (χ4v) is 8.13. The van der Waals surface area contributed by atoms with Gasteiger partial charge in [0, 0.05) is 25.3 Å². The van der Waals surface area contributed by atoms with E-state index in [2.05, 4.69) is 39.8 Å². The number of carbonyl (C=O) groups excluding carboxylic acids is 1. The Balaban J connectivity index is 1.43. The second kappa shape index (κ2) is 10.4. The Kier molecular flexibility index (Phi) is 7.42. The van der Waals surface area contributed by atoms with E-state index in [1.54, 1.807) is 33.5 Å². The fraction of sp³-hybridized carbons (Fsp3) is 0.500. The molecule has 7 nitrogen and oxygen atoms in total. The molecule has 2 saturated heterocycles. The number of benzene rings is 2. The minimum Gasteiger partial charge on any atom is -0.376 e. The molecule has 0 spiro atoms. The smallest absolute Gasteiger partial charge is 0.260 e. The van der Waals surface area contributed by atoms with E-state index in [9.17, 15) is 13.2 Å². The van der Waals surface area contributed by atoms with Gasteiger partial charge in [0.25, 0.3) is 5.91 Å². The highest BCUT2D eigenvalue weighted by Gasteiger charge is 2.32. The molecule has 2 aromatic carbocycles. The van der Waals surface area contributed by atoms with Crippen LogP contribution in [0.2, 0.25) is 0 Å². The molecular formula is C28H35N3O4S2. The Morgan fingerprint density at radius 1 is 1.11 bits per heavy atom. The third-order valence-corrected chi connectivity index (χ3v) is 10.3. The molecule has 9 heteroatoms. The van der Waals surface area contributed by atoms with Crippen LogP contribution < -0.4 is 4.90 Å². The summed E-state index contributed by atoms with van der Waals surface area (Å²) in [5.41, 5.74) is 3.66. The lowest BCUT2D eigenvalue weighted by atomic mass is 9.94. The standard InChI is InChI=1S/C28H35N3O4S2/c1-18-12-19(2)16-30(15-18)37(33,34)24-9-7-22(8-10-24)27(32)31(17-23-6-5-11-35-23)28-29-25-13-20(3)21(4)14-26(25)36-28/h7-10,13-14,18-19,23H,5-6,11-12,15-17H2,1-4H3. The van der Waals surface area contributed by atoms with E-state index in [0.717, 1.165) is 35.0 Å². The minimum atomic E-state index is -3.61. The molecule has 0 saturated carbocycles. The van der Waals surface area contributed by atoms with Crippen molar-refractivity contribution in [3.63, 3.8) is 0 Å². The van der Waals surface area contributed by atoms with E-state index in [0.29, 0.717) is 48.8 Å². The first-order valence-electron chi connectivity index (χ1n) is 13.0. The summed E-state index contributed by atoms with van der Waals surface area (Å²) in [5.74, 6) is 0.450. The van der Waals surface area contributed by atoms with Crippen molar-refractivity contribution in [3.8, 4) is 0 Å². The van der Waals surface area contributed by atoms with Crippen molar-refractivity contribution in [3.05, 3.63) is 53.1 Å². The normalized spacial score (nSPS) is 23.0. The fourth-order valence-electron chi connectivity index (χ4n) is 5.40. The van der Waals surface area contributed by atoms with Gasteiger partial charge in [-0.2, -0.15) is 4.31 Å². The molecular weight excluding hydrogens is 506 g/mol. The number of hydrogen-bond acceptors (Lipinski definition) is 6. The molecule has 2 fully saturated rings. The average molecular weight is 542 g/mol. The Morgan fingerprint density at radius 3 is 2.43 bits per heavy atom. The molecule has 2 aliphatic heterocycles. The van der Waals surface area contributed by atoms with Gasteiger partial charge < -0.3 is 4.74 Å². The summed E-state index contributed by atoms with van der Waals surface area (Å²) in [6, 6.07) is 10.5. The molecule has 1 amide bonds. The number of nitrogens with zero attached hydrogens (tertiary/aromatic N) is 3. The van der Waals surface area contributed by atoms with Crippen molar-refractivity contribution in [2.45, 2.75) is 58.0 Å². The van der Waals surface area contributed by atoms with Crippen LogP contribution in [0.3, 0.4) is 0 Å². The lowest BCUT2D eigenvalue weighted by Crippen LogP contribution is -2.42. The molecule has 2 aliphatic rings. The van der Waals surface area contributed by atoms with Crippen molar-refractivity contribution in [1.82, 2.24) is 9.29 Å². The number of sulfonamides is 1. The van der Waals surface area contributed by atoms with Gasteiger partial charge in [0.2, 0.25) is 10.0 Å². The minimum absolute atomic E-state index is 0.0397. The largest absolute Gasteiger partial charge is 0.376 e. The summed E-state index contributed by atoms with van der Waals surface area (Å²) < 4.78 is 35.1. The van der Waals surface area contributed by atoms with Crippen LogP contribution in [0.25, 0.3) is 10.2 Å². The molecule has 3 heterocycles. The number of anilines is 1. The van der Waals surface area contributed by atoms with Gasteiger partial charge in [0.15, 0.2) is 5.13 Å². The maximum Gasteiger partial charge on any atom is 0.260 e. The molecule has 198 valence electrons. The van der Waals surface area contributed by atoms with Crippen LogP contribution in [0.1, 0.15) is 54.6 Å². The van der Waals surface area contributed by atoms with Gasteiger partial charge >= 0.3 is 0 Å². The highest BCUT2D eigenvalue weighted by atomic mass is 32.2. The van der Waals surface area contributed by atoms with Crippen molar-refractivity contribution in [2.75, 3.05) is 31.1 Å². The van der Waals surface area contributed by atoms with Crippen molar-refractivity contribution >= 4 is 42.6 Å². The molecule has 0 radical (unpaired) electrons. The van der Waals surface area contributed by atoms with E-state index < -0.39 is 10.0 Å². The van der Waals surface area contributed by atoms with Gasteiger partial charge in [-0.3, -0.25) is 9.69 Å². The van der Waals surface area contributed by atoms with Crippen LogP contribution in [0.5, 0.6) is 0 Å². The summed E-state index contributed by atoms with van der Waals surface area (Å²) >= 11 is 1.50. The predicted octanol–water partition coefficient (Wildman–Crippen LogP) is 5.41. The summed E-state index contributed by atoms with van der Waals surface area (Å²) in [4.78, 5) is 20.5. The zero-order valence-corrected chi connectivity index (χ0v) is 23.6. The van der Waals surface area contributed by atoms with Crippen LogP contribution in [0.4, 0.5) is 5.13 Å². The van der Waals surface area contributed by atoms with E-state index >= 15 is 0 Å². The van der Waals surface area contributed by atoms with Crippen LogP contribution >= 0.6 is 11.3 Å². The molecule has 3 atom stereocenters. The monoisotopic (exact) mass is 541 g/mol. The lowest BCUT2D eigenvalue weighted by Gasteiger charge is -2.34. The number of aryl methyl sites for hydroxylation is 2. The Hall–Kier alpha value is -2.33. The number of amides is 1. The summed E-state index contributed by atoms with van der Waals surface area (Å²) in [7, 11) is -3.61. The highest BCUT2D eigenvalue weighted by Crippen LogP contribution is 2.33. The lowest BCUT2D eigenvalue weighted by molar-refractivity contribution is 0.0917. The summed E-state index contributed by atoms with van der Waals surface area (Å²) in [6.45, 7) is 10.5. The van der Waals surface area contributed by atoms with E-state index in [4.69, 9.17) is 9.72 Å². The molecule has 1 aromatic heterocycles. The van der Waals surface area contributed by atoms with Gasteiger partial charge in [0.05, 0.1) is 27.8 Å². The number of thiazole rings is 1. The van der Waals surface area contributed by atoms with Gasteiger partial charge in [0.1, 0.15) is 0 Å². The third-order valence-electron chi connectivity index (χ3n) is 7.45. The third kappa shape index (κ3) is 5.46. The quantitative estimate of drug-likeness (QED) is 0.417. The molecule has 3 unspecified atom stereocenters. The zero-order valence-electron chi connectivity index (χ0n) is 21.9. The summed E-state index contributed by atoms with van der Waals surface area (Å²) in [5, 5.41) is 0.633. The van der Waals surface area contributed by atoms with E-state index in [1.165, 1.54) is 16.9 Å². The van der Waals surface area contributed by atoms with E-state index in [-0.39, 0.29) is 16.9 Å². The molecule has 37 heavy (non-hydrogen) atoms. The van der Waals surface area contributed by atoms with Crippen molar-refractivity contribution in [2.24, 2.45) is 11.8 Å². The number of piperidine rings is 1. The van der Waals surface area contributed by atoms with Gasteiger partial charge in [-0.05, 0) is 92.5 Å². The first-order valence-corrected chi connectivity index (χ1v) is 15.3. The predicted molar refractivity (Wildman–Crippen MR) is 148 cm³/mol. The van der Waals surface area contributed by atoms with Crippen LogP contribution in [0, 0.1) is 25.7 Å². The SMILES string of the molecule is Cc1cc2nc(N(CC3CCCO3)C(=O)c3ccc(S(=O)(=O)N4CC(C)CC(C)C4)cc3)sc2cc1C. The topological polar surface area (TPSA) is 79.8 Å². The Labute approximate surface area is 223 Å². The number of aromatic nitrogens is 1. The maximum absolute atomic E-state index is 13.8. The number of rotatable bonds is 6. The molecule has 0 N–H and O–H groups in total. The maximum atomic E-state index is 13.8. The first-order chi connectivity index (χ1) is 17.6. The zero-order chi connectivity index (χ0) is 26.3. The highest BCUT2D eigenvalue weighted by molar-refractivity contribution is 7.89. The summed E-state index contributed by atoms with van der Waals surface area (Å²) in [6.07, 6.45) is 2.87. The molecule has 0 bridgehead atoms. The second-order valence-electron chi connectivity index (χ2n) is 10.7. The van der Waals surface area contributed by atoms with Gasteiger partial charge in [-0.1, -0.05) is 25.2 Å². The van der Waals surface area contributed by atoms with Crippen LogP contribution in [-0.2, 0) is 14.8 Å². The second-order valence-corrected chi connectivity index (χ2v) is 13.7. The Bertz CT molecular complexity index is 1350. The number of hydrogen-bond donors (Lipinski definition) is 0. The van der Waals surface area contributed by atoms with Crippen LogP contribution in [-0.4, -0.2) is 56.0 Å². The van der Waals surface area contributed by atoms with E-state index in [1.807, 2.05) is 0 Å². The average Bonchev–Trinajstić information content (AvgIpc) is 3.51. The molecule has 3 aromatic rings. The number of carbonyl (C=O) groups is 1. The molecule has 5 rings (SSSR count). The van der Waals surface area contributed by atoms with Gasteiger partial charge in [-0.15, -0.1) is 0 Å². The molecule has 0 aliphatic carbocycles. The van der Waals surface area contributed by atoms with Crippen molar-refractivity contribution in [1.29, 1.82) is 0 Å². The van der Waals surface area contributed by atoms with Gasteiger partial charge in [-0.25, -0.2) is 13.4 Å². The first kappa shape index (κ1) is 26.3. The Morgan fingerprint density at radius 2 is 1.78 bits per heavy atom. The van der Waals surface area contributed by atoms with Crippen LogP contribution in [0.15, 0.2) is 41.3 Å². The van der Waals surface area contributed by atoms with Crippen molar-refractivity contribution < 1.29 is 17.9 Å². The number of ether oxygens (including phenoxy) is 1. The number of fused-ring (bicyclic) bond motifs is 1.